The predicted molar refractivity (Wildman–Crippen MR) is 220 cm³/mol. The van der Waals surface area contributed by atoms with Crippen LogP contribution in [0.1, 0.15) is 31.1 Å². The first-order chi connectivity index (χ1) is 28.1. The molecule has 11 nitrogen and oxygen atoms in total. The Hall–Kier alpha value is -6.89. The smallest absolute Gasteiger partial charge is 0.338 e. The number of nitrogens with zero attached hydrogens (tertiary/aromatic N) is 1. The van der Waals surface area contributed by atoms with Crippen molar-refractivity contribution in [1.29, 1.82) is 0 Å². The lowest BCUT2D eigenvalue weighted by Gasteiger charge is -2.30. The standard InChI is InChI=1S/C46H39NO10S/c1-53-47-30-41(55-45(49)39-26-20-36(21-27-39)33-14-8-4-9-15-33)43(56-46(50)40-28-22-37(23-29-40)34-16-10-5-11-17-34)42(57-58(2,51)52)31-54-44(48)38-24-18-35(19-25-38)32-12-6-3-7-13-32/h3-30,41-43H,31H2,1-2H3/b47-30+/t41-,42-,43+/m0/s1. The zero-order chi connectivity index (χ0) is 40.9. The number of carbonyl (C=O) groups is 3. The Balaban J connectivity index is 1.30. The van der Waals surface area contributed by atoms with Crippen molar-refractivity contribution >= 4 is 34.2 Å². The van der Waals surface area contributed by atoms with Crippen LogP contribution in [-0.2, 0) is 33.3 Å². The number of oxime groups is 1. The Kier molecular flexibility index (Phi) is 13.6. The number of benzene rings is 6. The molecule has 0 N–H and O–H groups in total. The van der Waals surface area contributed by atoms with E-state index in [1.807, 2.05) is 91.0 Å². The summed E-state index contributed by atoms with van der Waals surface area (Å²) in [6, 6.07) is 48.3. The summed E-state index contributed by atoms with van der Waals surface area (Å²) in [6.07, 6.45) is -3.31. The van der Waals surface area contributed by atoms with E-state index in [2.05, 4.69) is 5.16 Å². The van der Waals surface area contributed by atoms with Gasteiger partial charge in [0.05, 0.1) is 29.2 Å². The quantitative estimate of drug-likeness (QED) is 0.0309. The summed E-state index contributed by atoms with van der Waals surface area (Å²) < 4.78 is 48.2. The number of carbonyl (C=O) groups excluding carboxylic acids is 3. The molecule has 6 aromatic rings. The molecule has 0 amide bonds. The van der Waals surface area contributed by atoms with Crippen LogP contribution in [-0.4, -0.2) is 70.8 Å². The maximum Gasteiger partial charge on any atom is 0.338 e. The average Bonchev–Trinajstić information content (AvgIpc) is 3.26. The summed E-state index contributed by atoms with van der Waals surface area (Å²) in [5.41, 5.74) is 5.69. The number of hydrogen-bond acceptors (Lipinski definition) is 11. The Labute approximate surface area is 336 Å². The van der Waals surface area contributed by atoms with E-state index in [0.717, 1.165) is 45.9 Å². The van der Waals surface area contributed by atoms with E-state index in [1.165, 1.54) is 19.2 Å². The highest BCUT2D eigenvalue weighted by Crippen LogP contribution is 2.25. The second-order valence-electron chi connectivity index (χ2n) is 12.9. The predicted octanol–water partition coefficient (Wildman–Crippen LogP) is 8.27. The van der Waals surface area contributed by atoms with Gasteiger partial charge in [0.25, 0.3) is 10.1 Å². The zero-order valence-corrected chi connectivity index (χ0v) is 32.4. The van der Waals surface area contributed by atoms with Gasteiger partial charge in [-0.25, -0.2) is 14.4 Å². The normalized spacial score (nSPS) is 12.9. The van der Waals surface area contributed by atoms with E-state index in [4.69, 9.17) is 23.2 Å². The summed E-state index contributed by atoms with van der Waals surface area (Å²) in [7, 11) is -3.08. The molecule has 0 heterocycles. The third-order valence-corrected chi connectivity index (χ3v) is 9.45. The second kappa shape index (κ2) is 19.3. The highest BCUT2D eigenvalue weighted by molar-refractivity contribution is 7.86. The van der Waals surface area contributed by atoms with E-state index >= 15 is 0 Å². The van der Waals surface area contributed by atoms with Gasteiger partial charge in [0.1, 0.15) is 13.7 Å². The number of esters is 3. The van der Waals surface area contributed by atoms with Crippen LogP contribution in [0.15, 0.2) is 169 Å². The third-order valence-electron chi connectivity index (χ3n) is 8.85. The molecule has 6 aromatic carbocycles. The SMILES string of the molecule is CO/N=C/[C@H](OC(=O)c1ccc(-c2ccccc2)cc1)[C@@H](OC(=O)c1ccc(-c2ccccc2)cc1)[C@H](COC(=O)c1ccc(-c2ccccc2)cc1)OS(C)(=O)=O. The molecule has 0 aromatic heterocycles. The summed E-state index contributed by atoms with van der Waals surface area (Å²) in [5, 5.41) is 3.77. The maximum atomic E-state index is 13.8. The topological polar surface area (TPSA) is 144 Å². The molecule has 0 unspecified atom stereocenters. The van der Waals surface area contributed by atoms with E-state index < -0.39 is 52.9 Å². The molecule has 0 aliphatic heterocycles. The lowest BCUT2D eigenvalue weighted by molar-refractivity contribution is -0.0683. The van der Waals surface area contributed by atoms with Crippen LogP contribution in [0.5, 0.6) is 0 Å². The molecule has 0 radical (unpaired) electrons. The van der Waals surface area contributed by atoms with E-state index in [9.17, 15) is 22.8 Å². The average molecular weight is 798 g/mol. The summed E-state index contributed by atoms with van der Waals surface area (Å²) in [6.45, 7) is -0.752. The molecule has 0 spiro atoms. The van der Waals surface area contributed by atoms with Gasteiger partial charge in [0, 0.05) is 0 Å². The lowest BCUT2D eigenvalue weighted by atomic mass is 10.0. The van der Waals surface area contributed by atoms with Gasteiger partial charge >= 0.3 is 17.9 Å². The molecule has 3 atom stereocenters. The molecule has 0 bridgehead atoms. The molecule has 0 saturated heterocycles. The monoisotopic (exact) mass is 797 g/mol. The lowest BCUT2D eigenvalue weighted by Crippen LogP contribution is -2.48. The van der Waals surface area contributed by atoms with E-state index in [1.54, 1.807) is 60.7 Å². The first-order valence-corrected chi connectivity index (χ1v) is 19.9. The van der Waals surface area contributed by atoms with Crippen molar-refractivity contribution in [3.05, 3.63) is 180 Å². The number of ether oxygens (including phenoxy) is 3. The van der Waals surface area contributed by atoms with Gasteiger partial charge in [-0.05, 0) is 69.8 Å². The van der Waals surface area contributed by atoms with Gasteiger partial charge in [0.15, 0.2) is 18.3 Å². The minimum Gasteiger partial charge on any atom is -0.459 e. The van der Waals surface area contributed by atoms with Gasteiger partial charge in [-0.2, -0.15) is 8.42 Å². The van der Waals surface area contributed by atoms with Crippen molar-refractivity contribution in [2.24, 2.45) is 5.16 Å². The minimum atomic E-state index is -4.32. The summed E-state index contributed by atoms with van der Waals surface area (Å²) >= 11 is 0. The van der Waals surface area contributed by atoms with Crippen LogP contribution in [0.3, 0.4) is 0 Å². The fourth-order valence-electron chi connectivity index (χ4n) is 5.97. The fourth-order valence-corrected chi connectivity index (χ4v) is 6.59. The number of rotatable bonds is 16. The minimum absolute atomic E-state index is 0.0866. The Bertz CT molecular complexity index is 2420. The van der Waals surface area contributed by atoms with Gasteiger partial charge in [-0.15, -0.1) is 0 Å². The second-order valence-corrected chi connectivity index (χ2v) is 14.5. The van der Waals surface area contributed by atoms with Crippen molar-refractivity contribution in [2.45, 2.75) is 18.3 Å². The third kappa shape index (κ3) is 11.1. The van der Waals surface area contributed by atoms with Crippen molar-refractivity contribution in [3.63, 3.8) is 0 Å². The van der Waals surface area contributed by atoms with Crippen molar-refractivity contribution in [1.82, 2.24) is 0 Å². The Morgan fingerprint density at radius 2 is 0.897 bits per heavy atom. The summed E-state index contributed by atoms with van der Waals surface area (Å²) in [4.78, 5) is 45.8. The van der Waals surface area contributed by atoms with E-state index in [0.29, 0.717) is 0 Å². The van der Waals surface area contributed by atoms with Gasteiger partial charge < -0.3 is 19.0 Å². The molecule has 12 heteroatoms. The molecule has 0 saturated carbocycles. The van der Waals surface area contributed by atoms with Crippen LogP contribution in [0.25, 0.3) is 33.4 Å². The van der Waals surface area contributed by atoms with Gasteiger partial charge in [-0.3, -0.25) is 4.18 Å². The van der Waals surface area contributed by atoms with Crippen molar-refractivity contribution in [3.8, 4) is 33.4 Å². The van der Waals surface area contributed by atoms with Gasteiger partial charge in [0.2, 0.25) is 0 Å². The highest BCUT2D eigenvalue weighted by atomic mass is 32.2. The molecular weight excluding hydrogens is 759 g/mol. The Morgan fingerprint density at radius 1 is 0.534 bits per heavy atom. The van der Waals surface area contributed by atoms with Crippen molar-refractivity contribution < 1.29 is 46.0 Å². The fraction of sp³-hybridized carbons (Fsp3) is 0.130. The molecule has 0 aliphatic rings. The molecule has 58 heavy (non-hydrogen) atoms. The molecule has 0 aliphatic carbocycles. The molecule has 0 fully saturated rings. The van der Waals surface area contributed by atoms with Crippen LogP contribution in [0.2, 0.25) is 0 Å². The molecule has 294 valence electrons. The van der Waals surface area contributed by atoms with Crippen LogP contribution < -0.4 is 0 Å². The van der Waals surface area contributed by atoms with E-state index in [-0.39, 0.29) is 16.7 Å². The first kappa shape index (κ1) is 40.8. The molecular formula is C46H39NO10S. The van der Waals surface area contributed by atoms with Gasteiger partial charge in [-0.1, -0.05) is 133 Å². The molecule has 6 rings (SSSR count). The summed E-state index contributed by atoms with van der Waals surface area (Å²) in [5.74, 6) is -2.61. The zero-order valence-electron chi connectivity index (χ0n) is 31.5. The largest absolute Gasteiger partial charge is 0.459 e. The number of hydrogen-bond donors (Lipinski definition) is 0. The van der Waals surface area contributed by atoms with Crippen molar-refractivity contribution in [2.75, 3.05) is 20.0 Å². The van der Waals surface area contributed by atoms with Crippen LogP contribution in [0, 0.1) is 0 Å². The van der Waals surface area contributed by atoms with Crippen LogP contribution >= 0.6 is 0 Å². The maximum absolute atomic E-state index is 13.8. The first-order valence-electron chi connectivity index (χ1n) is 18.1. The Morgan fingerprint density at radius 3 is 1.28 bits per heavy atom. The van der Waals surface area contributed by atoms with Crippen LogP contribution in [0.4, 0.5) is 0 Å². The highest BCUT2D eigenvalue weighted by Gasteiger charge is 2.40.